The highest BCUT2D eigenvalue weighted by Crippen LogP contribution is 2.35. The third-order valence-electron chi connectivity index (χ3n) is 5.75. The number of carbonyl (C=O) groups is 4. The van der Waals surface area contributed by atoms with Gasteiger partial charge in [-0.3, -0.25) is 19.7 Å². The number of ether oxygens (including phenoxy) is 3. The summed E-state index contributed by atoms with van der Waals surface area (Å²) >= 11 is 2.01. The molecular formula is C29H26IN3O7. The summed E-state index contributed by atoms with van der Waals surface area (Å²) in [5.41, 5.74) is 2.22. The molecule has 1 aliphatic rings. The van der Waals surface area contributed by atoms with Gasteiger partial charge in [-0.25, -0.2) is 9.69 Å². The Morgan fingerprint density at radius 2 is 1.73 bits per heavy atom. The van der Waals surface area contributed by atoms with Crippen molar-refractivity contribution in [3.63, 3.8) is 0 Å². The van der Waals surface area contributed by atoms with Crippen LogP contribution < -0.4 is 29.7 Å². The van der Waals surface area contributed by atoms with Crippen LogP contribution in [0.2, 0.25) is 0 Å². The van der Waals surface area contributed by atoms with Crippen LogP contribution in [-0.4, -0.2) is 44.1 Å². The molecule has 0 radical (unpaired) electrons. The molecule has 206 valence electrons. The van der Waals surface area contributed by atoms with Crippen molar-refractivity contribution in [2.24, 2.45) is 0 Å². The molecule has 0 unspecified atom stereocenters. The summed E-state index contributed by atoms with van der Waals surface area (Å²) in [7, 11) is 1.44. The number of halogens is 1. The van der Waals surface area contributed by atoms with Crippen LogP contribution in [0.1, 0.15) is 18.1 Å². The van der Waals surface area contributed by atoms with Gasteiger partial charge >= 0.3 is 6.03 Å². The number of nitrogens with zero attached hydrogens (tertiary/aromatic N) is 1. The van der Waals surface area contributed by atoms with Gasteiger partial charge in [0, 0.05) is 5.69 Å². The van der Waals surface area contributed by atoms with E-state index in [1.54, 1.807) is 48.5 Å². The van der Waals surface area contributed by atoms with Gasteiger partial charge in [-0.1, -0.05) is 17.7 Å². The van der Waals surface area contributed by atoms with E-state index >= 15 is 0 Å². The minimum Gasteiger partial charge on any atom is -0.494 e. The van der Waals surface area contributed by atoms with Gasteiger partial charge < -0.3 is 19.5 Å². The fourth-order valence-corrected chi connectivity index (χ4v) is 4.63. The second kappa shape index (κ2) is 12.6. The Balaban J connectivity index is 1.54. The summed E-state index contributed by atoms with van der Waals surface area (Å²) in [6.45, 7) is 4.00. The quantitative estimate of drug-likeness (QED) is 0.195. The van der Waals surface area contributed by atoms with Crippen LogP contribution >= 0.6 is 22.6 Å². The predicted octanol–water partition coefficient (Wildman–Crippen LogP) is 4.69. The first-order valence-electron chi connectivity index (χ1n) is 12.2. The van der Waals surface area contributed by atoms with Crippen molar-refractivity contribution in [3.8, 4) is 17.2 Å². The number of hydrogen-bond donors (Lipinski definition) is 2. The van der Waals surface area contributed by atoms with Crippen molar-refractivity contribution < 1.29 is 33.4 Å². The molecule has 1 saturated heterocycles. The third-order valence-corrected chi connectivity index (χ3v) is 6.55. The van der Waals surface area contributed by atoms with E-state index in [2.05, 4.69) is 10.6 Å². The molecule has 0 saturated carbocycles. The van der Waals surface area contributed by atoms with Crippen LogP contribution in [0.25, 0.3) is 6.08 Å². The number of urea groups is 1. The number of carbonyl (C=O) groups excluding carboxylic acids is 4. The molecule has 11 heteroatoms. The summed E-state index contributed by atoms with van der Waals surface area (Å²) in [6, 6.07) is 16.1. The number of barbiturate groups is 1. The molecule has 5 amide bonds. The highest BCUT2D eigenvalue weighted by molar-refractivity contribution is 14.1. The van der Waals surface area contributed by atoms with Crippen LogP contribution in [0, 0.1) is 10.5 Å². The number of nitrogens with one attached hydrogen (secondary N) is 2. The average molecular weight is 655 g/mol. The summed E-state index contributed by atoms with van der Waals surface area (Å²) in [5.74, 6) is -0.741. The molecule has 2 N–H and O–H groups in total. The summed E-state index contributed by atoms with van der Waals surface area (Å²) in [6.07, 6.45) is 1.37. The van der Waals surface area contributed by atoms with Crippen molar-refractivity contribution >= 4 is 63.8 Å². The van der Waals surface area contributed by atoms with Crippen molar-refractivity contribution in [1.29, 1.82) is 0 Å². The van der Waals surface area contributed by atoms with E-state index in [1.165, 1.54) is 13.2 Å². The van der Waals surface area contributed by atoms with Gasteiger partial charge in [0.05, 0.1) is 23.0 Å². The Morgan fingerprint density at radius 1 is 1.02 bits per heavy atom. The second-order valence-electron chi connectivity index (χ2n) is 8.62. The zero-order valence-electron chi connectivity index (χ0n) is 21.9. The molecule has 1 heterocycles. The molecule has 10 nitrogen and oxygen atoms in total. The minimum absolute atomic E-state index is 0.238. The van der Waals surface area contributed by atoms with Crippen molar-refractivity contribution in [3.05, 3.63) is 80.9 Å². The molecule has 0 aromatic heterocycles. The molecule has 0 atom stereocenters. The van der Waals surface area contributed by atoms with Crippen LogP contribution in [0.3, 0.4) is 0 Å². The van der Waals surface area contributed by atoms with E-state index in [-0.39, 0.29) is 23.8 Å². The maximum absolute atomic E-state index is 13.3. The average Bonchev–Trinajstić information content (AvgIpc) is 2.92. The Kier molecular flexibility index (Phi) is 9.04. The number of methoxy groups -OCH3 is 1. The normalized spacial score (nSPS) is 14.2. The van der Waals surface area contributed by atoms with Gasteiger partial charge in [-0.15, -0.1) is 0 Å². The number of imide groups is 2. The van der Waals surface area contributed by atoms with E-state index < -0.39 is 17.8 Å². The topological polar surface area (TPSA) is 123 Å². The molecule has 4 rings (SSSR count). The molecule has 0 aliphatic carbocycles. The van der Waals surface area contributed by atoms with Gasteiger partial charge in [0.25, 0.3) is 17.7 Å². The first-order valence-corrected chi connectivity index (χ1v) is 13.3. The Labute approximate surface area is 244 Å². The first kappa shape index (κ1) is 28.6. The van der Waals surface area contributed by atoms with Crippen LogP contribution in [0.4, 0.5) is 16.2 Å². The number of aryl methyl sites for hydroxylation is 1. The lowest BCUT2D eigenvalue weighted by molar-refractivity contribution is -0.122. The Bertz CT molecular complexity index is 1480. The zero-order chi connectivity index (χ0) is 28.8. The largest absolute Gasteiger partial charge is 0.494 e. The fraction of sp³-hybridized carbons (Fsp3) is 0.172. The third kappa shape index (κ3) is 6.60. The monoisotopic (exact) mass is 655 g/mol. The number of anilines is 2. The lowest BCUT2D eigenvalue weighted by Crippen LogP contribution is -2.54. The highest BCUT2D eigenvalue weighted by atomic mass is 127. The van der Waals surface area contributed by atoms with E-state index in [1.807, 2.05) is 48.6 Å². The fourth-order valence-electron chi connectivity index (χ4n) is 3.85. The van der Waals surface area contributed by atoms with Gasteiger partial charge in [-0.05, 0) is 96.6 Å². The molecule has 40 heavy (non-hydrogen) atoms. The maximum Gasteiger partial charge on any atom is 0.335 e. The maximum atomic E-state index is 13.3. The molecule has 1 fully saturated rings. The predicted molar refractivity (Wildman–Crippen MR) is 158 cm³/mol. The smallest absolute Gasteiger partial charge is 0.335 e. The molecule has 3 aromatic carbocycles. The SMILES string of the molecule is CCOc1ccc(N2C(=O)NC(=O)/C(=C\c3cc(I)c(OCC(=O)Nc4ccc(C)cc4)c(OC)c3)C2=O)cc1. The Hall–Kier alpha value is -4.39. The van der Waals surface area contributed by atoms with Crippen molar-refractivity contribution in [1.82, 2.24) is 5.32 Å². The summed E-state index contributed by atoms with van der Waals surface area (Å²) < 4.78 is 17.2. The molecule has 0 spiro atoms. The molecule has 1 aliphatic heterocycles. The second-order valence-corrected chi connectivity index (χ2v) is 9.78. The number of rotatable bonds is 9. The van der Waals surface area contributed by atoms with E-state index in [9.17, 15) is 19.2 Å². The van der Waals surface area contributed by atoms with Gasteiger partial charge in [-0.2, -0.15) is 0 Å². The van der Waals surface area contributed by atoms with E-state index in [0.717, 1.165) is 10.5 Å². The summed E-state index contributed by atoms with van der Waals surface area (Å²) in [4.78, 5) is 51.7. The molecular weight excluding hydrogens is 629 g/mol. The lowest BCUT2D eigenvalue weighted by atomic mass is 10.1. The van der Waals surface area contributed by atoms with Crippen LogP contribution in [0.5, 0.6) is 17.2 Å². The van der Waals surface area contributed by atoms with Crippen molar-refractivity contribution in [2.75, 3.05) is 30.5 Å². The standard InChI is InChI=1S/C29H26IN3O7/c1-4-39-21-11-9-20(10-12-21)33-28(36)22(27(35)32-29(33)37)13-18-14-23(30)26(24(15-18)38-3)40-16-25(34)31-19-7-5-17(2)6-8-19/h5-15H,4,16H2,1-3H3,(H,31,34)(H,32,35,37)/b22-13+. The zero-order valence-corrected chi connectivity index (χ0v) is 24.1. The van der Waals surface area contributed by atoms with Gasteiger partial charge in [0.2, 0.25) is 0 Å². The molecule has 0 bridgehead atoms. The number of benzene rings is 3. The van der Waals surface area contributed by atoms with Crippen molar-refractivity contribution in [2.45, 2.75) is 13.8 Å². The van der Waals surface area contributed by atoms with E-state index in [4.69, 9.17) is 14.2 Å². The number of hydrogen-bond acceptors (Lipinski definition) is 7. The van der Waals surface area contributed by atoms with Gasteiger partial charge in [0.1, 0.15) is 11.3 Å². The van der Waals surface area contributed by atoms with Crippen LogP contribution in [-0.2, 0) is 14.4 Å². The highest BCUT2D eigenvalue weighted by Gasteiger charge is 2.37. The lowest BCUT2D eigenvalue weighted by Gasteiger charge is -2.26. The first-order chi connectivity index (χ1) is 19.2. The summed E-state index contributed by atoms with van der Waals surface area (Å²) in [5, 5.41) is 4.97. The van der Waals surface area contributed by atoms with Gasteiger partial charge in [0.15, 0.2) is 18.1 Å². The minimum atomic E-state index is -0.851. The molecule has 3 aromatic rings. The number of amides is 5. The Morgan fingerprint density at radius 3 is 2.38 bits per heavy atom. The van der Waals surface area contributed by atoms with Crippen LogP contribution in [0.15, 0.2) is 66.2 Å². The van der Waals surface area contributed by atoms with E-state index in [0.29, 0.717) is 38.7 Å².